The van der Waals surface area contributed by atoms with Crippen LogP contribution in [0.4, 0.5) is 0 Å². The molecule has 2 bridgehead atoms. The molecule has 3 rings (SSSR count). The van der Waals surface area contributed by atoms with Gasteiger partial charge in [-0.3, -0.25) is 0 Å². The van der Waals surface area contributed by atoms with Crippen LogP contribution in [0, 0.1) is 5.92 Å². The molecular formula is C6H11NO. The molecule has 2 heterocycles. The van der Waals surface area contributed by atoms with E-state index in [0.717, 1.165) is 5.92 Å². The van der Waals surface area contributed by atoms with Gasteiger partial charge in [-0.2, -0.15) is 0 Å². The molecule has 46 valence electrons. The third-order valence-corrected chi connectivity index (χ3v) is 2.33. The first-order chi connectivity index (χ1) is 3.92. The fourth-order valence-electron chi connectivity index (χ4n) is 1.79. The molecule has 0 aromatic heterocycles. The lowest BCUT2D eigenvalue weighted by atomic mass is 9.83. The van der Waals surface area contributed by atoms with E-state index in [0.29, 0.717) is 12.1 Å². The SMILES string of the molecule is CO[C@H]1C2CNC1C2. The summed E-state index contributed by atoms with van der Waals surface area (Å²) in [4.78, 5) is 0. The Morgan fingerprint density at radius 3 is 2.75 bits per heavy atom. The van der Waals surface area contributed by atoms with Gasteiger partial charge in [-0.25, -0.2) is 0 Å². The van der Waals surface area contributed by atoms with Crippen LogP contribution in [-0.4, -0.2) is 25.8 Å². The summed E-state index contributed by atoms with van der Waals surface area (Å²) in [6, 6.07) is 0.699. The first-order valence-electron chi connectivity index (χ1n) is 3.18. The molecule has 0 aromatic carbocycles. The van der Waals surface area contributed by atoms with Crippen LogP contribution in [0.1, 0.15) is 6.42 Å². The van der Waals surface area contributed by atoms with Gasteiger partial charge in [0, 0.05) is 25.6 Å². The molecule has 3 aliphatic rings. The Morgan fingerprint density at radius 2 is 2.50 bits per heavy atom. The highest BCUT2D eigenvalue weighted by atomic mass is 16.5. The fourth-order valence-corrected chi connectivity index (χ4v) is 1.79. The van der Waals surface area contributed by atoms with Crippen LogP contribution in [0.2, 0.25) is 0 Å². The first kappa shape index (κ1) is 4.77. The molecule has 2 heteroatoms. The summed E-state index contributed by atoms with van der Waals surface area (Å²) in [7, 11) is 1.80. The maximum atomic E-state index is 5.21. The van der Waals surface area contributed by atoms with Crippen LogP contribution in [0.25, 0.3) is 0 Å². The van der Waals surface area contributed by atoms with Crippen molar-refractivity contribution >= 4 is 0 Å². The van der Waals surface area contributed by atoms with Gasteiger partial charge in [0.2, 0.25) is 0 Å². The monoisotopic (exact) mass is 113 g/mol. The highest BCUT2D eigenvalue weighted by Gasteiger charge is 2.46. The van der Waals surface area contributed by atoms with Crippen LogP contribution in [0.3, 0.4) is 0 Å². The minimum absolute atomic E-state index is 0.551. The number of ether oxygens (including phenoxy) is 1. The van der Waals surface area contributed by atoms with Gasteiger partial charge in [0.15, 0.2) is 0 Å². The zero-order valence-electron chi connectivity index (χ0n) is 5.05. The number of hydrogen-bond acceptors (Lipinski definition) is 2. The van der Waals surface area contributed by atoms with Crippen molar-refractivity contribution in [1.29, 1.82) is 0 Å². The van der Waals surface area contributed by atoms with Crippen molar-refractivity contribution in [3.05, 3.63) is 0 Å². The molecule has 3 fully saturated rings. The normalized spacial score (nSPS) is 51.4. The lowest BCUT2D eigenvalue weighted by Crippen LogP contribution is -2.43. The van der Waals surface area contributed by atoms with E-state index in [2.05, 4.69) is 5.32 Å². The van der Waals surface area contributed by atoms with E-state index >= 15 is 0 Å². The summed E-state index contributed by atoms with van der Waals surface area (Å²) in [5.74, 6) is 0.838. The summed E-state index contributed by atoms with van der Waals surface area (Å²) >= 11 is 0. The number of fused-ring (bicyclic) bond motifs is 1. The highest BCUT2D eigenvalue weighted by molar-refractivity contribution is 5.03. The molecule has 1 saturated carbocycles. The molecule has 2 unspecified atom stereocenters. The lowest BCUT2D eigenvalue weighted by molar-refractivity contribution is 0.000685. The number of methoxy groups -OCH3 is 1. The molecule has 2 saturated heterocycles. The van der Waals surface area contributed by atoms with Gasteiger partial charge >= 0.3 is 0 Å². The second-order valence-corrected chi connectivity index (χ2v) is 2.71. The molecule has 0 aromatic rings. The van der Waals surface area contributed by atoms with Crippen LogP contribution in [0.5, 0.6) is 0 Å². The van der Waals surface area contributed by atoms with E-state index in [1.165, 1.54) is 13.0 Å². The topological polar surface area (TPSA) is 21.3 Å². The maximum Gasteiger partial charge on any atom is 0.0765 e. The first-order valence-corrected chi connectivity index (χ1v) is 3.18. The quantitative estimate of drug-likeness (QED) is 0.516. The number of rotatable bonds is 1. The van der Waals surface area contributed by atoms with Crippen molar-refractivity contribution in [3.63, 3.8) is 0 Å². The summed E-state index contributed by atoms with van der Waals surface area (Å²) in [5.41, 5.74) is 0. The van der Waals surface area contributed by atoms with E-state index in [-0.39, 0.29) is 0 Å². The molecule has 1 N–H and O–H groups in total. The van der Waals surface area contributed by atoms with E-state index in [1.54, 1.807) is 7.11 Å². The molecular weight excluding hydrogens is 102 g/mol. The largest absolute Gasteiger partial charge is 0.379 e. The predicted molar refractivity (Wildman–Crippen MR) is 30.7 cm³/mol. The zero-order valence-corrected chi connectivity index (χ0v) is 5.05. The Bertz CT molecular complexity index is 90.7. The zero-order chi connectivity index (χ0) is 5.56. The fraction of sp³-hybridized carbons (Fsp3) is 1.00. The molecule has 0 amide bonds. The number of hydrogen-bond donors (Lipinski definition) is 1. The third-order valence-electron chi connectivity index (χ3n) is 2.33. The Hall–Kier alpha value is -0.0800. The Morgan fingerprint density at radius 1 is 1.62 bits per heavy atom. The maximum absolute atomic E-state index is 5.21. The van der Waals surface area contributed by atoms with Gasteiger partial charge in [-0.1, -0.05) is 0 Å². The van der Waals surface area contributed by atoms with Gasteiger partial charge in [0.25, 0.3) is 0 Å². The summed E-state index contributed by atoms with van der Waals surface area (Å²) in [5, 5.41) is 3.37. The van der Waals surface area contributed by atoms with Gasteiger partial charge in [0.1, 0.15) is 0 Å². The van der Waals surface area contributed by atoms with E-state index in [9.17, 15) is 0 Å². The van der Waals surface area contributed by atoms with E-state index in [4.69, 9.17) is 4.74 Å². The van der Waals surface area contributed by atoms with E-state index in [1.807, 2.05) is 0 Å². The number of nitrogens with one attached hydrogen (secondary N) is 1. The summed E-state index contributed by atoms with van der Waals surface area (Å²) in [6.45, 7) is 1.18. The standard InChI is InChI=1S/C6H11NO/c1-8-6-4-2-5(6)7-3-4/h4-7H,2-3H2,1H3/t4?,5?,6-/m0/s1. The Kier molecular flexibility index (Phi) is 0.866. The Balaban J connectivity index is 2.02. The Labute approximate surface area is 49.2 Å². The minimum atomic E-state index is 0.551. The summed E-state index contributed by atoms with van der Waals surface area (Å²) in [6.07, 6.45) is 1.90. The molecule has 3 atom stereocenters. The molecule has 0 radical (unpaired) electrons. The molecule has 8 heavy (non-hydrogen) atoms. The molecule has 2 nitrogen and oxygen atoms in total. The third kappa shape index (κ3) is 0.400. The second-order valence-electron chi connectivity index (χ2n) is 2.71. The average molecular weight is 113 g/mol. The molecule has 0 spiro atoms. The molecule has 2 aliphatic heterocycles. The minimum Gasteiger partial charge on any atom is -0.379 e. The highest BCUT2D eigenvalue weighted by Crippen LogP contribution is 2.35. The smallest absolute Gasteiger partial charge is 0.0765 e. The molecule has 1 aliphatic carbocycles. The van der Waals surface area contributed by atoms with Crippen LogP contribution in [0.15, 0.2) is 0 Å². The van der Waals surface area contributed by atoms with Gasteiger partial charge in [-0.05, 0) is 6.42 Å². The van der Waals surface area contributed by atoms with Crippen molar-refractivity contribution in [1.82, 2.24) is 5.32 Å². The average Bonchev–Trinajstić information content (AvgIpc) is 2.19. The van der Waals surface area contributed by atoms with Gasteiger partial charge in [0.05, 0.1) is 6.10 Å². The lowest BCUT2D eigenvalue weighted by Gasteiger charge is -2.32. The predicted octanol–water partition coefficient (Wildman–Crippen LogP) is -0.00690. The van der Waals surface area contributed by atoms with Crippen molar-refractivity contribution in [2.45, 2.75) is 18.6 Å². The van der Waals surface area contributed by atoms with Gasteiger partial charge < -0.3 is 10.1 Å². The van der Waals surface area contributed by atoms with E-state index < -0.39 is 0 Å². The van der Waals surface area contributed by atoms with Crippen molar-refractivity contribution in [2.24, 2.45) is 5.92 Å². The van der Waals surface area contributed by atoms with Crippen LogP contribution >= 0.6 is 0 Å². The second kappa shape index (κ2) is 1.45. The van der Waals surface area contributed by atoms with Crippen LogP contribution in [-0.2, 0) is 4.74 Å². The van der Waals surface area contributed by atoms with Crippen molar-refractivity contribution in [2.75, 3.05) is 13.7 Å². The van der Waals surface area contributed by atoms with Crippen LogP contribution < -0.4 is 5.32 Å². The van der Waals surface area contributed by atoms with Gasteiger partial charge in [-0.15, -0.1) is 0 Å². The van der Waals surface area contributed by atoms with Crippen molar-refractivity contribution in [3.8, 4) is 0 Å². The summed E-state index contributed by atoms with van der Waals surface area (Å²) < 4.78 is 5.21. The van der Waals surface area contributed by atoms with Crippen molar-refractivity contribution < 1.29 is 4.74 Å².